The van der Waals surface area contributed by atoms with Crippen molar-refractivity contribution in [1.82, 2.24) is 15.5 Å². The number of carbonyl (C=O) groups excluding carboxylic acids is 3. The average molecular weight is 368 g/mol. The van der Waals surface area contributed by atoms with Crippen LogP contribution in [0.3, 0.4) is 0 Å². The van der Waals surface area contributed by atoms with Gasteiger partial charge in [0, 0.05) is 51.4 Å². The van der Waals surface area contributed by atoms with Crippen molar-refractivity contribution in [1.29, 1.82) is 0 Å². The van der Waals surface area contributed by atoms with Gasteiger partial charge in [0.1, 0.15) is 0 Å². The highest BCUT2D eigenvalue weighted by Gasteiger charge is 2.25. The summed E-state index contributed by atoms with van der Waals surface area (Å²) < 4.78 is 26.4. The molecule has 1 heterocycles. The Kier molecular flexibility index (Phi) is 6.48. The number of nitrogens with zero attached hydrogens (tertiary/aromatic N) is 2. The number of anilines is 1. The van der Waals surface area contributed by atoms with Crippen molar-refractivity contribution in [3.63, 3.8) is 0 Å². The number of halogens is 2. The van der Waals surface area contributed by atoms with E-state index in [-0.39, 0.29) is 12.5 Å². The minimum Gasteiger partial charge on any atom is -0.368 e. The molecule has 0 radical (unpaired) electrons. The second-order valence-electron chi connectivity index (χ2n) is 6.20. The maximum atomic E-state index is 13.3. The first kappa shape index (κ1) is 19.6. The van der Waals surface area contributed by atoms with E-state index < -0.39 is 29.5 Å². The molecular weight excluding hydrogens is 346 g/mol. The Hall–Kier alpha value is -2.71. The molecule has 0 unspecified atom stereocenters. The number of hydrogen-bond donors (Lipinski definition) is 2. The first-order valence-corrected chi connectivity index (χ1v) is 8.32. The van der Waals surface area contributed by atoms with Crippen LogP contribution in [0.2, 0.25) is 0 Å². The predicted octanol–water partition coefficient (Wildman–Crippen LogP) is 1.10. The van der Waals surface area contributed by atoms with E-state index in [9.17, 15) is 23.2 Å². The zero-order valence-electron chi connectivity index (χ0n) is 14.7. The molecule has 9 heteroatoms. The van der Waals surface area contributed by atoms with Crippen molar-refractivity contribution in [3.8, 4) is 0 Å². The second-order valence-corrected chi connectivity index (χ2v) is 6.20. The van der Waals surface area contributed by atoms with Gasteiger partial charge in [0.25, 0.3) is 0 Å². The quantitative estimate of drug-likeness (QED) is 0.834. The molecule has 4 amide bonds. The number of amides is 4. The molecule has 1 aliphatic rings. The highest BCUT2D eigenvalue weighted by Crippen LogP contribution is 2.20. The van der Waals surface area contributed by atoms with Crippen molar-refractivity contribution in [2.45, 2.75) is 13.8 Å². The average Bonchev–Trinajstić information content (AvgIpc) is 2.61. The zero-order valence-corrected chi connectivity index (χ0v) is 14.7. The van der Waals surface area contributed by atoms with Gasteiger partial charge in [-0.05, 0) is 12.1 Å². The SMILES string of the molecule is CC(=O)NC(=O)NC[C@H](C)C(=O)N1CCN(c2ccc(F)c(F)c2)CC1. The van der Waals surface area contributed by atoms with Gasteiger partial charge in [0.2, 0.25) is 11.8 Å². The number of urea groups is 1. The minimum atomic E-state index is -0.899. The fourth-order valence-electron chi connectivity index (χ4n) is 2.72. The van der Waals surface area contributed by atoms with E-state index >= 15 is 0 Å². The number of benzene rings is 1. The third kappa shape index (κ3) is 5.14. The molecule has 1 atom stereocenters. The second kappa shape index (κ2) is 8.59. The predicted molar refractivity (Wildman–Crippen MR) is 91.5 cm³/mol. The number of piperazine rings is 1. The van der Waals surface area contributed by atoms with Crippen LogP contribution in [-0.2, 0) is 9.59 Å². The van der Waals surface area contributed by atoms with Gasteiger partial charge in [0.15, 0.2) is 11.6 Å². The summed E-state index contributed by atoms with van der Waals surface area (Å²) in [4.78, 5) is 38.1. The van der Waals surface area contributed by atoms with Crippen LogP contribution in [0.1, 0.15) is 13.8 Å². The first-order chi connectivity index (χ1) is 12.3. The summed E-state index contributed by atoms with van der Waals surface area (Å²) in [5.41, 5.74) is 0.576. The number of nitrogens with one attached hydrogen (secondary N) is 2. The van der Waals surface area contributed by atoms with Crippen molar-refractivity contribution >= 4 is 23.5 Å². The Morgan fingerprint density at radius 2 is 1.77 bits per heavy atom. The van der Waals surface area contributed by atoms with Gasteiger partial charge in [0.05, 0.1) is 5.92 Å². The molecular formula is C17H22F2N4O3. The van der Waals surface area contributed by atoms with Crippen LogP contribution in [0.4, 0.5) is 19.3 Å². The molecule has 0 aromatic heterocycles. The van der Waals surface area contributed by atoms with E-state index in [2.05, 4.69) is 10.6 Å². The van der Waals surface area contributed by atoms with Gasteiger partial charge in [-0.25, -0.2) is 13.6 Å². The maximum absolute atomic E-state index is 13.3. The van der Waals surface area contributed by atoms with Gasteiger partial charge < -0.3 is 15.1 Å². The fourth-order valence-corrected chi connectivity index (χ4v) is 2.72. The van der Waals surface area contributed by atoms with E-state index in [4.69, 9.17) is 0 Å². The lowest BCUT2D eigenvalue weighted by molar-refractivity contribution is -0.135. The standard InChI is InChI=1S/C17H22F2N4O3/c1-11(10-20-17(26)21-12(2)24)16(25)23-7-5-22(6-8-23)13-3-4-14(18)15(19)9-13/h3-4,9,11H,5-8,10H2,1-2H3,(H2,20,21,24,26)/t11-/m0/s1. The van der Waals surface area contributed by atoms with E-state index in [0.717, 1.165) is 12.1 Å². The van der Waals surface area contributed by atoms with Gasteiger partial charge in [-0.2, -0.15) is 0 Å². The normalized spacial score (nSPS) is 15.4. The Bertz CT molecular complexity index is 691. The van der Waals surface area contributed by atoms with Crippen LogP contribution in [0.15, 0.2) is 18.2 Å². The van der Waals surface area contributed by atoms with Crippen LogP contribution in [-0.4, -0.2) is 55.5 Å². The number of rotatable bonds is 4. The van der Waals surface area contributed by atoms with Crippen LogP contribution in [0.5, 0.6) is 0 Å². The van der Waals surface area contributed by atoms with Crippen molar-refractivity contribution in [3.05, 3.63) is 29.8 Å². The number of carbonyl (C=O) groups is 3. The van der Waals surface area contributed by atoms with Crippen LogP contribution >= 0.6 is 0 Å². The lowest BCUT2D eigenvalue weighted by Crippen LogP contribution is -2.51. The van der Waals surface area contributed by atoms with E-state index in [1.165, 1.54) is 13.0 Å². The molecule has 0 bridgehead atoms. The third-order valence-corrected chi connectivity index (χ3v) is 4.14. The third-order valence-electron chi connectivity index (χ3n) is 4.14. The Labute approximate surface area is 150 Å². The van der Waals surface area contributed by atoms with E-state index in [1.807, 2.05) is 4.90 Å². The molecule has 1 fully saturated rings. The van der Waals surface area contributed by atoms with Gasteiger partial charge in [-0.3, -0.25) is 14.9 Å². The van der Waals surface area contributed by atoms with Crippen molar-refractivity contribution in [2.75, 3.05) is 37.6 Å². The summed E-state index contributed by atoms with van der Waals surface area (Å²) in [6.07, 6.45) is 0. The monoisotopic (exact) mass is 368 g/mol. The molecule has 2 rings (SSSR count). The molecule has 1 saturated heterocycles. The molecule has 0 aliphatic carbocycles. The van der Waals surface area contributed by atoms with Crippen LogP contribution < -0.4 is 15.5 Å². The van der Waals surface area contributed by atoms with Crippen LogP contribution in [0, 0.1) is 17.6 Å². The highest BCUT2D eigenvalue weighted by molar-refractivity contribution is 5.93. The smallest absolute Gasteiger partial charge is 0.321 e. The molecule has 2 N–H and O–H groups in total. The lowest BCUT2D eigenvalue weighted by Gasteiger charge is -2.37. The number of imide groups is 1. The Morgan fingerprint density at radius 1 is 1.12 bits per heavy atom. The Morgan fingerprint density at radius 3 is 2.35 bits per heavy atom. The summed E-state index contributed by atoms with van der Waals surface area (Å²) >= 11 is 0. The van der Waals surface area contributed by atoms with Gasteiger partial charge >= 0.3 is 6.03 Å². The van der Waals surface area contributed by atoms with E-state index in [1.54, 1.807) is 11.8 Å². The molecule has 1 aliphatic heterocycles. The van der Waals surface area contributed by atoms with Crippen LogP contribution in [0.25, 0.3) is 0 Å². The van der Waals surface area contributed by atoms with Crippen molar-refractivity contribution in [2.24, 2.45) is 5.92 Å². The van der Waals surface area contributed by atoms with Gasteiger partial charge in [-0.15, -0.1) is 0 Å². The molecule has 1 aromatic carbocycles. The topological polar surface area (TPSA) is 81.8 Å². The van der Waals surface area contributed by atoms with Crippen molar-refractivity contribution < 1.29 is 23.2 Å². The zero-order chi connectivity index (χ0) is 19.3. The van der Waals surface area contributed by atoms with Gasteiger partial charge in [-0.1, -0.05) is 6.92 Å². The summed E-state index contributed by atoms with van der Waals surface area (Å²) in [6.45, 7) is 4.92. The lowest BCUT2D eigenvalue weighted by atomic mass is 10.1. The molecule has 0 spiro atoms. The van der Waals surface area contributed by atoms with E-state index in [0.29, 0.717) is 31.9 Å². The minimum absolute atomic E-state index is 0.112. The Balaban J connectivity index is 1.82. The fraction of sp³-hybridized carbons (Fsp3) is 0.471. The summed E-state index contributed by atoms with van der Waals surface area (Å²) in [5.74, 6) is -2.82. The summed E-state index contributed by atoms with van der Waals surface area (Å²) in [7, 11) is 0. The molecule has 142 valence electrons. The highest BCUT2D eigenvalue weighted by atomic mass is 19.2. The summed E-state index contributed by atoms with van der Waals surface area (Å²) in [6, 6.07) is 3.10. The largest absolute Gasteiger partial charge is 0.368 e. The maximum Gasteiger partial charge on any atom is 0.321 e. The summed E-state index contributed by atoms with van der Waals surface area (Å²) in [5, 5.41) is 4.55. The molecule has 7 nitrogen and oxygen atoms in total. The molecule has 1 aromatic rings. The first-order valence-electron chi connectivity index (χ1n) is 8.32. The molecule has 0 saturated carbocycles. The molecule has 26 heavy (non-hydrogen) atoms. The number of hydrogen-bond acceptors (Lipinski definition) is 4.